The van der Waals surface area contributed by atoms with Crippen molar-refractivity contribution in [1.82, 2.24) is 9.78 Å². The minimum Gasteiger partial charge on any atom is -0.271 e. The first-order valence-electron chi connectivity index (χ1n) is 5.27. The van der Waals surface area contributed by atoms with Crippen LogP contribution in [0.3, 0.4) is 0 Å². The van der Waals surface area contributed by atoms with E-state index in [1.54, 1.807) is 0 Å². The van der Waals surface area contributed by atoms with Gasteiger partial charge < -0.3 is 0 Å². The van der Waals surface area contributed by atoms with Gasteiger partial charge in [0.25, 0.3) is 0 Å². The molecule has 0 bridgehead atoms. The van der Waals surface area contributed by atoms with Crippen LogP contribution in [0, 0.1) is 20.8 Å². The zero-order chi connectivity index (χ0) is 11.9. The zero-order valence-electron chi connectivity index (χ0n) is 10.0. The molecule has 2 aromatic rings. The first-order chi connectivity index (χ1) is 7.50. The molecule has 0 aliphatic rings. The van der Waals surface area contributed by atoms with E-state index in [4.69, 9.17) is 0 Å². The lowest BCUT2D eigenvalue weighted by Crippen LogP contribution is -1.92. The summed E-state index contributed by atoms with van der Waals surface area (Å²) in [6, 6.07) is 6.45. The molecule has 0 radical (unpaired) electrons. The van der Waals surface area contributed by atoms with E-state index in [-0.39, 0.29) is 0 Å². The van der Waals surface area contributed by atoms with Gasteiger partial charge in [-0.25, -0.2) is 0 Å². The largest absolute Gasteiger partial charge is 0.271 e. The molecule has 0 fully saturated rings. The van der Waals surface area contributed by atoms with E-state index in [0.717, 1.165) is 15.9 Å². The molecule has 0 aliphatic heterocycles. The summed E-state index contributed by atoms with van der Waals surface area (Å²) in [4.78, 5) is 0. The molecule has 0 spiro atoms. The first kappa shape index (κ1) is 11.4. The van der Waals surface area contributed by atoms with Crippen LogP contribution in [0.25, 0.3) is 11.3 Å². The quantitative estimate of drug-likeness (QED) is 0.777. The van der Waals surface area contributed by atoms with Crippen molar-refractivity contribution in [2.45, 2.75) is 20.8 Å². The SMILES string of the molecule is Cc1ccc(-c2nn(C)c(C)c2Br)c(C)c1. The second-order valence-electron chi connectivity index (χ2n) is 4.19. The molecular weight excluding hydrogens is 264 g/mol. The van der Waals surface area contributed by atoms with Crippen LogP contribution in [0.15, 0.2) is 22.7 Å². The Bertz CT molecular complexity index is 541. The van der Waals surface area contributed by atoms with Gasteiger partial charge in [-0.3, -0.25) is 4.68 Å². The Morgan fingerprint density at radius 2 is 1.88 bits per heavy atom. The van der Waals surface area contributed by atoms with Crippen molar-refractivity contribution < 1.29 is 0 Å². The van der Waals surface area contributed by atoms with Gasteiger partial charge in [0.15, 0.2) is 0 Å². The van der Waals surface area contributed by atoms with Gasteiger partial charge in [0, 0.05) is 18.3 Å². The molecule has 0 unspecified atom stereocenters. The van der Waals surface area contributed by atoms with Crippen LogP contribution < -0.4 is 0 Å². The highest BCUT2D eigenvalue weighted by Crippen LogP contribution is 2.31. The molecule has 2 nitrogen and oxygen atoms in total. The van der Waals surface area contributed by atoms with Gasteiger partial charge in [0.1, 0.15) is 5.69 Å². The third kappa shape index (κ3) is 1.80. The van der Waals surface area contributed by atoms with Gasteiger partial charge in [0.2, 0.25) is 0 Å². The molecular formula is C13H15BrN2. The maximum absolute atomic E-state index is 4.54. The summed E-state index contributed by atoms with van der Waals surface area (Å²) in [5.74, 6) is 0. The van der Waals surface area contributed by atoms with E-state index >= 15 is 0 Å². The molecule has 1 heterocycles. The fourth-order valence-corrected chi connectivity index (χ4v) is 2.38. The highest BCUT2D eigenvalue weighted by molar-refractivity contribution is 9.10. The van der Waals surface area contributed by atoms with Gasteiger partial charge in [0.05, 0.1) is 4.47 Å². The van der Waals surface area contributed by atoms with Crippen LogP contribution in [-0.2, 0) is 7.05 Å². The standard InChI is InChI=1S/C13H15BrN2/c1-8-5-6-11(9(2)7-8)13-12(14)10(3)16(4)15-13/h5-7H,1-4H3. The number of halogens is 1. The topological polar surface area (TPSA) is 17.8 Å². The second-order valence-corrected chi connectivity index (χ2v) is 4.98. The van der Waals surface area contributed by atoms with Crippen LogP contribution >= 0.6 is 15.9 Å². The van der Waals surface area contributed by atoms with Crippen LogP contribution in [0.4, 0.5) is 0 Å². The number of hydrogen-bond acceptors (Lipinski definition) is 1. The number of aromatic nitrogens is 2. The molecule has 84 valence electrons. The Balaban J connectivity index is 2.63. The molecule has 0 amide bonds. The molecule has 0 N–H and O–H groups in total. The second kappa shape index (κ2) is 4.06. The van der Waals surface area contributed by atoms with Gasteiger partial charge in [-0.05, 0) is 42.3 Å². The molecule has 3 heteroatoms. The molecule has 1 aromatic carbocycles. The number of benzene rings is 1. The van der Waals surface area contributed by atoms with E-state index in [1.807, 2.05) is 11.7 Å². The van der Waals surface area contributed by atoms with Crippen LogP contribution in [0.2, 0.25) is 0 Å². The fraction of sp³-hybridized carbons (Fsp3) is 0.308. The molecule has 0 atom stereocenters. The van der Waals surface area contributed by atoms with Gasteiger partial charge in [-0.15, -0.1) is 0 Å². The Morgan fingerprint density at radius 1 is 1.19 bits per heavy atom. The summed E-state index contributed by atoms with van der Waals surface area (Å²) in [6.07, 6.45) is 0. The van der Waals surface area contributed by atoms with Gasteiger partial charge in [-0.1, -0.05) is 23.8 Å². The van der Waals surface area contributed by atoms with Gasteiger partial charge in [-0.2, -0.15) is 5.10 Å². The van der Waals surface area contributed by atoms with Crippen molar-refractivity contribution in [2.75, 3.05) is 0 Å². The normalized spacial score (nSPS) is 10.8. The van der Waals surface area contributed by atoms with E-state index in [1.165, 1.54) is 16.7 Å². The minimum absolute atomic E-state index is 1.03. The highest BCUT2D eigenvalue weighted by atomic mass is 79.9. The van der Waals surface area contributed by atoms with Crippen molar-refractivity contribution in [1.29, 1.82) is 0 Å². The summed E-state index contributed by atoms with van der Waals surface area (Å²) in [5.41, 5.74) is 5.91. The monoisotopic (exact) mass is 278 g/mol. The number of aryl methyl sites for hydroxylation is 3. The van der Waals surface area contributed by atoms with Crippen LogP contribution in [-0.4, -0.2) is 9.78 Å². The van der Waals surface area contributed by atoms with E-state index in [9.17, 15) is 0 Å². The summed E-state index contributed by atoms with van der Waals surface area (Å²) in [7, 11) is 1.97. The molecule has 2 rings (SSSR count). The molecule has 0 aliphatic carbocycles. The third-order valence-electron chi connectivity index (χ3n) is 2.90. The summed E-state index contributed by atoms with van der Waals surface area (Å²) in [5, 5.41) is 4.54. The number of hydrogen-bond donors (Lipinski definition) is 0. The zero-order valence-corrected chi connectivity index (χ0v) is 11.6. The lowest BCUT2D eigenvalue weighted by atomic mass is 10.0. The Labute approximate surface area is 104 Å². The highest BCUT2D eigenvalue weighted by Gasteiger charge is 2.13. The first-order valence-corrected chi connectivity index (χ1v) is 6.06. The Kier molecular flexibility index (Phi) is 2.89. The lowest BCUT2D eigenvalue weighted by molar-refractivity contribution is 0.742. The van der Waals surface area contributed by atoms with Crippen LogP contribution in [0.1, 0.15) is 16.8 Å². The average Bonchev–Trinajstić information content (AvgIpc) is 2.46. The predicted molar refractivity (Wildman–Crippen MR) is 70.6 cm³/mol. The fourth-order valence-electron chi connectivity index (χ4n) is 1.83. The Morgan fingerprint density at radius 3 is 2.38 bits per heavy atom. The van der Waals surface area contributed by atoms with Crippen molar-refractivity contribution in [3.63, 3.8) is 0 Å². The van der Waals surface area contributed by atoms with Crippen LogP contribution in [0.5, 0.6) is 0 Å². The average molecular weight is 279 g/mol. The van der Waals surface area contributed by atoms with Crippen molar-refractivity contribution in [2.24, 2.45) is 7.05 Å². The number of rotatable bonds is 1. The van der Waals surface area contributed by atoms with Gasteiger partial charge >= 0.3 is 0 Å². The molecule has 1 aromatic heterocycles. The summed E-state index contributed by atoms with van der Waals surface area (Å²) in [6.45, 7) is 6.29. The van der Waals surface area contributed by atoms with E-state index in [2.05, 4.69) is 60.0 Å². The van der Waals surface area contributed by atoms with Crippen molar-refractivity contribution in [3.8, 4) is 11.3 Å². The summed E-state index contributed by atoms with van der Waals surface area (Å²) < 4.78 is 2.99. The summed E-state index contributed by atoms with van der Waals surface area (Å²) >= 11 is 3.61. The lowest BCUT2D eigenvalue weighted by Gasteiger charge is -2.04. The Hall–Kier alpha value is -1.09. The number of nitrogens with zero attached hydrogens (tertiary/aromatic N) is 2. The molecule has 0 saturated carbocycles. The molecule has 0 saturated heterocycles. The van der Waals surface area contributed by atoms with E-state index in [0.29, 0.717) is 0 Å². The van der Waals surface area contributed by atoms with Crippen molar-refractivity contribution >= 4 is 15.9 Å². The maximum Gasteiger partial charge on any atom is 0.107 e. The maximum atomic E-state index is 4.54. The predicted octanol–water partition coefficient (Wildman–Crippen LogP) is 3.77. The van der Waals surface area contributed by atoms with Crippen molar-refractivity contribution in [3.05, 3.63) is 39.5 Å². The third-order valence-corrected chi connectivity index (χ3v) is 3.85. The molecule has 16 heavy (non-hydrogen) atoms. The smallest absolute Gasteiger partial charge is 0.107 e. The van der Waals surface area contributed by atoms with E-state index < -0.39 is 0 Å². The minimum atomic E-state index is 1.03.